The fourth-order valence-electron chi connectivity index (χ4n) is 3.11. The van der Waals surface area contributed by atoms with Gasteiger partial charge < -0.3 is 24.5 Å². The summed E-state index contributed by atoms with van der Waals surface area (Å²) >= 11 is 0. The molecule has 9 nitrogen and oxygen atoms in total. The first-order valence-corrected chi connectivity index (χ1v) is 9.25. The Morgan fingerprint density at radius 2 is 2.19 bits per heavy atom. The summed E-state index contributed by atoms with van der Waals surface area (Å²) in [4.78, 5) is 30.2. The summed E-state index contributed by atoms with van der Waals surface area (Å²) in [6.45, 7) is 5.34. The molecule has 1 atom stereocenters. The normalized spacial score (nSPS) is 16.5. The van der Waals surface area contributed by atoms with Crippen LogP contribution in [0.1, 0.15) is 55.5 Å². The first kappa shape index (κ1) is 18.9. The molecule has 1 aliphatic heterocycles. The van der Waals surface area contributed by atoms with Gasteiger partial charge in [-0.3, -0.25) is 4.79 Å². The van der Waals surface area contributed by atoms with Gasteiger partial charge in [0.05, 0.1) is 12.6 Å². The highest BCUT2D eigenvalue weighted by atomic mass is 16.5. The average molecular weight is 375 g/mol. The molecule has 2 aromatic rings. The molecule has 2 aromatic heterocycles. The number of furan rings is 1. The van der Waals surface area contributed by atoms with Crippen molar-refractivity contribution in [2.24, 2.45) is 0 Å². The maximum absolute atomic E-state index is 12.1. The van der Waals surface area contributed by atoms with Crippen molar-refractivity contribution in [1.82, 2.24) is 25.7 Å². The van der Waals surface area contributed by atoms with E-state index in [1.807, 2.05) is 26.0 Å². The molecule has 3 heterocycles. The summed E-state index contributed by atoms with van der Waals surface area (Å²) in [5.41, 5.74) is 0. The Kier molecular flexibility index (Phi) is 6.10. The Hall–Kier alpha value is -2.84. The second kappa shape index (κ2) is 8.70. The molecule has 3 amide bonds. The zero-order chi connectivity index (χ0) is 19.2. The summed E-state index contributed by atoms with van der Waals surface area (Å²) in [7, 11) is 0. The van der Waals surface area contributed by atoms with Crippen LogP contribution in [0, 0.1) is 6.92 Å². The number of nitrogens with one attached hydrogen (secondary N) is 2. The molecule has 0 radical (unpaired) electrons. The molecule has 0 spiro atoms. The maximum atomic E-state index is 12.1. The van der Waals surface area contributed by atoms with Gasteiger partial charge in [0.25, 0.3) is 0 Å². The van der Waals surface area contributed by atoms with Crippen molar-refractivity contribution in [3.8, 4) is 0 Å². The molecule has 9 heteroatoms. The topological polar surface area (TPSA) is 114 Å². The highest BCUT2D eigenvalue weighted by Crippen LogP contribution is 2.30. The molecule has 2 N–H and O–H groups in total. The molecule has 1 aliphatic rings. The van der Waals surface area contributed by atoms with Crippen molar-refractivity contribution in [2.45, 2.75) is 52.1 Å². The molecule has 146 valence electrons. The average Bonchev–Trinajstić information content (AvgIpc) is 3.38. The van der Waals surface area contributed by atoms with Crippen LogP contribution in [-0.2, 0) is 17.8 Å². The van der Waals surface area contributed by atoms with Gasteiger partial charge in [-0.25, -0.2) is 4.79 Å². The molecule has 0 aliphatic carbocycles. The van der Waals surface area contributed by atoms with Gasteiger partial charge in [-0.15, -0.1) is 0 Å². The van der Waals surface area contributed by atoms with Crippen LogP contribution >= 0.6 is 0 Å². The van der Waals surface area contributed by atoms with Crippen LogP contribution in [0.15, 0.2) is 21.1 Å². The van der Waals surface area contributed by atoms with Crippen LogP contribution in [0.2, 0.25) is 0 Å². The van der Waals surface area contributed by atoms with Crippen molar-refractivity contribution in [3.05, 3.63) is 35.4 Å². The summed E-state index contributed by atoms with van der Waals surface area (Å²) < 4.78 is 10.7. The van der Waals surface area contributed by atoms with Crippen LogP contribution in [-0.4, -0.2) is 40.1 Å². The molecular weight excluding hydrogens is 350 g/mol. The number of rotatable bonds is 7. The fourth-order valence-corrected chi connectivity index (χ4v) is 3.11. The third-order valence-corrected chi connectivity index (χ3v) is 4.45. The van der Waals surface area contributed by atoms with E-state index < -0.39 is 0 Å². The first-order valence-electron chi connectivity index (χ1n) is 9.25. The smallest absolute Gasteiger partial charge is 0.318 e. The van der Waals surface area contributed by atoms with E-state index in [0.29, 0.717) is 43.5 Å². The van der Waals surface area contributed by atoms with E-state index in [1.54, 1.807) is 4.90 Å². The maximum Gasteiger partial charge on any atom is 0.318 e. The number of hydrogen-bond donors (Lipinski definition) is 2. The molecule has 3 rings (SSSR count). The summed E-state index contributed by atoms with van der Waals surface area (Å²) in [6.07, 6.45) is 2.30. The SMILES string of the molecule is CCNC(=O)N1CCCC1c1noc(CCC(=O)NCc2ccc(C)o2)n1. The summed E-state index contributed by atoms with van der Waals surface area (Å²) in [5, 5.41) is 9.61. The van der Waals surface area contributed by atoms with Gasteiger partial charge in [0.1, 0.15) is 11.5 Å². The van der Waals surface area contributed by atoms with Crippen molar-refractivity contribution in [2.75, 3.05) is 13.1 Å². The Bertz CT molecular complexity index is 784. The monoisotopic (exact) mass is 375 g/mol. The fraction of sp³-hybridized carbons (Fsp3) is 0.556. The van der Waals surface area contributed by atoms with Crippen molar-refractivity contribution >= 4 is 11.9 Å². The van der Waals surface area contributed by atoms with Gasteiger partial charge in [0.2, 0.25) is 11.8 Å². The number of amides is 3. The molecule has 0 aromatic carbocycles. The van der Waals surface area contributed by atoms with E-state index in [9.17, 15) is 9.59 Å². The van der Waals surface area contributed by atoms with Gasteiger partial charge in [0.15, 0.2) is 5.82 Å². The van der Waals surface area contributed by atoms with Gasteiger partial charge in [-0.2, -0.15) is 4.98 Å². The lowest BCUT2D eigenvalue weighted by atomic mass is 10.2. The minimum absolute atomic E-state index is 0.112. The largest absolute Gasteiger partial charge is 0.465 e. The second-order valence-corrected chi connectivity index (χ2v) is 6.52. The molecule has 0 saturated carbocycles. The lowest BCUT2D eigenvalue weighted by molar-refractivity contribution is -0.121. The number of aryl methyl sites for hydroxylation is 2. The van der Waals surface area contributed by atoms with E-state index in [-0.39, 0.29) is 24.4 Å². The number of urea groups is 1. The Morgan fingerprint density at radius 1 is 1.33 bits per heavy atom. The predicted octanol–water partition coefficient (Wildman–Crippen LogP) is 2.09. The lowest BCUT2D eigenvalue weighted by Crippen LogP contribution is -2.39. The molecule has 1 fully saturated rings. The van der Waals surface area contributed by atoms with Gasteiger partial charge in [-0.05, 0) is 38.8 Å². The third-order valence-electron chi connectivity index (χ3n) is 4.45. The molecule has 0 bridgehead atoms. The van der Waals surface area contributed by atoms with Gasteiger partial charge >= 0.3 is 6.03 Å². The van der Waals surface area contributed by atoms with Crippen molar-refractivity contribution < 1.29 is 18.5 Å². The summed E-state index contributed by atoms with van der Waals surface area (Å²) in [6, 6.07) is 3.40. The zero-order valence-corrected chi connectivity index (χ0v) is 15.7. The molecule has 27 heavy (non-hydrogen) atoms. The van der Waals surface area contributed by atoms with Crippen LogP contribution in [0.3, 0.4) is 0 Å². The summed E-state index contributed by atoms with van der Waals surface area (Å²) in [5.74, 6) is 2.31. The van der Waals surface area contributed by atoms with E-state index in [4.69, 9.17) is 8.94 Å². The third kappa shape index (κ3) is 4.87. The van der Waals surface area contributed by atoms with Gasteiger partial charge in [0, 0.05) is 25.9 Å². The quantitative estimate of drug-likeness (QED) is 0.766. The molecular formula is C18H25N5O4. The van der Waals surface area contributed by atoms with Crippen molar-refractivity contribution in [3.63, 3.8) is 0 Å². The van der Waals surface area contributed by atoms with Gasteiger partial charge in [-0.1, -0.05) is 5.16 Å². The zero-order valence-electron chi connectivity index (χ0n) is 15.7. The molecule has 1 saturated heterocycles. The Morgan fingerprint density at radius 3 is 2.93 bits per heavy atom. The van der Waals surface area contributed by atoms with E-state index in [0.717, 1.165) is 18.6 Å². The minimum Gasteiger partial charge on any atom is -0.465 e. The van der Waals surface area contributed by atoms with E-state index in [1.165, 1.54) is 0 Å². The number of aromatic nitrogens is 2. The molecule has 1 unspecified atom stereocenters. The number of carbonyl (C=O) groups excluding carboxylic acids is 2. The van der Waals surface area contributed by atoms with Crippen LogP contribution in [0.4, 0.5) is 4.79 Å². The first-order chi connectivity index (χ1) is 13.1. The lowest BCUT2D eigenvalue weighted by Gasteiger charge is -2.22. The Balaban J connectivity index is 1.48. The number of carbonyl (C=O) groups is 2. The highest BCUT2D eigenvalue weighted by Gasteiger charge is 2.33. The predicted molar refractivity (Wildman–Crippen MR) is 95.7 cm³/mol. The van der Waals surface area contributed by atoms with E-state index >= 15 is 0 Å². The second-order valence-electron chi connectivity index (χ2n) is 6.52. The number of hydrogen-bond acceptors (Lipinski definition) is 6. The number of likely N-dealkylation sites (tertiary alicyclic amines) is 1. The van der Waals surface area contributed by atoms with E-state index in [2.05, 4.69) is 20.8 Å². The standard InChI is InChI=1S/C18H25N5O4/c1-3-19-18(25)23-10-4-5-14(23)17-21-16(27-22-17)9-8-15(24)20-11-13-7-6-12(2)26-13/h6-7,14H,3-5,8-11H2,1-2H3,(H,19,25)(H,20,24). The Labute approximate surface area is 157 Å². The minimum atomic E-state index is -0.176. The van der Waals surface area contributed by atoms with Crippen LogP contribution < -0.4 is 10.6 Å². The van der Waals surface area contributed by atoms with Crippen molar-refractivity contribution in [1.29, 1.82) is 0 Å². The van der Waals surface area contributed by atoms with Crippen LogP contribution in [0.5, 0.6) is 0 Å². The van der Waals surface area contributed by atoms with Crippen LogP contribution in [0.25, 0.3) is 0 Å². The highest BCUT2D eigenvalue weighted by molar-refractivity contribution is 5.76. The number of nitrogens with zero attached hydrogens (tertiary/aromatic N) is 3.